The van der Waals surface area contributed by atoms with E-state index >= 15 is 0 Å². The number of ether oxygens (including phenoxy) is 1. The van der Waals surface area contributed by atoms with Gasteiger partial charge in [-0.2, -0.15) is 0 Å². The molecule has 2 amide bonds. The fourth-order valence-corrected chi connectivity index (χ4v) is 5.54. The monoisotopic (exact) mass is 539 g/mol. The normalized spacial score (nSPS) is 22.4. The van der Waals surface area contributed by atoms with E-state index in [1.54, 1.807) is 20.8 Å². The number of amides is 2. The SMILES string of the molecule is CCNC(=O)CN1C(=C2C=CC(OC(F)(F)F)=CC2)C(S(C)=O)=C2C=C(C(C)(C)C(=O)NCC)C=CC21. The van der Waals surface area contributed by atoms with Crippen molar-refractivity contribution in [1.29, 1.82) is 0 Å². The van der Waals surface area contributed by atoms with E-state index in [1.165, 1.54) is 24.5 Å². The van der Waals surface area contributed by atoms with Gasteiger partial charge >= 0.3 is 6.36 Å². The number of nitrogens with zero attached hydrogens (tertiary/aromatic N) is 1. The summed E-state index contributed by atoms with van der Waals surface area (Å²) < 4.78 is 55.1. The number of halogens is 3. The first-order valence-corrected chi connectivity index (χ1v) is 13.5. The molecule has 0 aromatic rings. The molecular formula is C26H32F3N3O4S. The maximum atomic E-state index is 13.1. The van der Waals surface area contributed by atoms with E-state index in [-0.39, 0.29) is 30.5 Å². The molecule has 0 spiro atoms. The first kappa shape index (κ1) is 28.5. The van der Waals surface area contributed by atoms with Crippen LogP contribution >= 0.6 is 0 Å². The van der Waals surface area contributed by atoms with Crippen LogP contribution in [0.2, 0.25) is 0 Å². The van der Waals surface area contributed by atoms with E-state index in [4.69, 9.17) is 0 Å². The number of nitrogens with one attached hydrogen (secondary N) is 2. The molecule has 0 bridgehead atoms. The van der Waals surface area contributed by atoms with Crippen LogP contribution in [0.5, 0.6) is 0 Å². The number of rotatable bonds is 8. The van der Waals surface area contributed by atoms with Crippen LogP contribution in [0.4, 0.5) is 13.2 Å². The van der Waals surface area contributed by atoms with Gasteiger partial charge in [-0.15, -0.1) is 13.2 Å². The van der Waals surface area contributed by atoms with Crippen molar-refractivity contribution in [1.82, 2.24) is 15.5 Å². The number of carbonyl (C=O) groups excluding carboxylic acids is 2. The van der Waals surface area contributed by atoms with E-state index in [0.29, 0.717) is 34.8 Å². The molecule has 3 rings (SSSR count). The molecule has 0 radical (unpaired) electrons. The fraction of sp³-hybridized carbons (Fsp3) is 0.462. The van der Waals surface area contributed by atoms with Crippen LogP contribution in [0.1, 0.15) is 34.1 Å². The molecule has 202 valence electrons. The summed E-state index contributed by atoms with van der Waals surface area (Å²) in [6.45, 7) is 8.10. The molecule has 2 unspecified atom stereocenters. The molecule has 1 aliphatic heterocycles. The summed E-state index contributed by atoms with van der Waals surface area (Å²) in [7, 11) is -1.51. The van der Waals surface area contributed by atoms with Crippen molar-refractivity contribution in [3.8, 4) is 0 Å². The van der Waals surface area contributed by atoms with Crippen molar-refractivity contribution in [3.63, 3.8) is 0 Å². The highest BCUT2D eigenvalue weighted by atomic mass is 32.2. The Morgan fingerprint density at radius 2 is 1.81 bits per heavy atom. The van der Waals surface area contributed by atoms with E-state index in [1.807, 2.05) is 30.1 Å². The highest BCUT2D eigenvalue weighted by Gasteiger charge is 2.42. The topological polar surface area (TPSA) is 87.7 Å². The first-order valence-electron chi connectivity index (χ1n) is 12.0. The van der Waals surface area contributed by atoms with Crippen LogP contribution in [-0.4, -0.2) is 59.2 Å². The minimum atomic E-state index is -4.81. The lowest BCUT2D eigenvalue weighted by Crippen LogP contribution is -2.41. The number of allylic oxidation sites excluding steroid dienone is 5. The summed E-state index contributed by atoms with van der Waals surface area (Å²) in [5.41, 5.74) is 1.68. The molecule has 37 heavy (non-hydrogen) atoms. The van der Waals surface area contributed by atoms with E-state index in [9.17, 15) is 27.0 Å². The zero-order valence-corrected chi connectivity index (χ0v) is 22.3. The minimum absolute atomic E-state index is 0.0434. The Hall–Kier alpha value is -3.08. The Morgan fingerprint density at radius 1 is 1.14 bits per heavy atom. The maximum absolute atomic E-state index is 13.1. The summed E-state index contributed by atoms with van der Waals surface area (Å²) in [6.07, 6.45) is 6.36. The highest BCUT2D eigenvalue weighted by Crippen LogP contribution is 2.44. The average molecular weight is 540 g/mol. The lowest BCUT2D eigenvalue weighted by molar-refractivity contribution is -0.303. The van der Waals surface area contributed by atoms with Crippen LogP contribution in [0.25, 0.3) is 0 Å². The molecular weight excluding hydrogens is 507 g/mol. The quantitative estimate of drug-likeness (QED) is 0.491. The molecule has 0 aromatic heterocycles. The number of hydrogen-bond donors (Lipinski definition) is 2. The fourth-order valence-electron chi connectivity index (χ4n) is 4.51. The zero-order valence-electron chi connectivity index (χ0n) is 21.5. The lowest BCUT2D eigenvalue weighted by Gasteiger charge is -2.32. The summed E-state index contributed by atoms with van der Waals surface area (Å²) in [6, 6.07) is -0.428. The van der Waals surface area contributed by atoms with E-state index in [2.05, 4.69) is 15.4 Å². The molecule has 2 aliphatic carbocycles. The zero-order chi connectivity index (χ0) is 27.5. The molecule has 1 heterocycles. The molecule has 0 aromatic carbocycles. The summed E-state index contributed by atoms with van der Waals surface area (Å²) in [5.74, 6) is -0.733. The standard InChI is InChI=1S/C26H32F3N3O4S/c1-6-30-21(33)15-32-20-13-10-17(25(3,4)24(34)31-7-2)14-19(20)23(37(5)35)22(32)16-8-11-18(12-9-16)36-26(27,28)29/h8,10-14,20H,6-7,9,15H2,1-5H3,(H,30,33)(H,31,34). The predicted molar refractivity (Wildman–Crippen MR) is 136 cm³/mol. The Balaban J connectivity index is 2.13. The predicted octanol–water partition coefficient (Wildman–Crippen LogP) is 3.73. The van der Waals surface area contributed by atoms with E-state index < -0.39 is 28.6 Å². The van der Waals surface area contributed by atoms with Crippen LogP contribution in [0.15, 0.2) is 69.5 Å². The van der Waals surface area contributed by atoms with Crippen molar-refractivity contribution >= 4 is 22.6 Å². The van der Waals surface area contributed by atoms with Gasteiger partial charge in [-0.1, -0.05) is 24.3 Å². The lowest BCUT2D eigenvalue weighted by atomic mass is 9.79. The van der Waals surface area contributed by atoms with Crippen molar-refractivity contribution in [3.05, 3.63) is 69.5 Å². The summed E-state index contributed by atoms with van der Waals surface area (Å²) in [5, 5.41) is 5.60. The minimum Gasteiger partial charge on any atom is -0.406 e. The van der Waals surface area contributed by atoms with Crippen molar-refractivity contribution in [2.75, 3.05) is 25.9 Å². The number of fused-ring (bicyclic) bond motifs is 1. The van der Waals surface area contributed by atoms with Crippen LogP contribution in [0.3, 0.4) is 0 Å². The van der Waals surface area contributed by atoms with Gasteiger partial charge in [0, 0.05) is 19.3 Å². The Labute approximate surface area is 217 Å². The van der Waals surface area contributed by atoms with Crippen molar-refractivity contribution in [2.45, 2.75) is 46.5 Å². The third-order valence-corrected chi connectivity index (χ3v) is 7.30. The van der Waals surface area contributed by atoms with Gasteiger partial charge in [0.25, 0.3) is 0 Å². The molecule has 0 saturated carbocycles. The third-order valence-electron chi connectivity index (χ3n) is 6.30. The molecule has 3 aliphatic rings. The molecule has 2 atom stereocenters. The number of likely N-dealkylation sites (N-methyl/N-ethyl adjacent to an activating group) is 1. The Morgan fingerprint density at radius 3 is 2.35 bits per heavy atom. The number of hydrogen-bond acceptors (Lipinski definition) is 5. The van der Waals surface area contributed by atoms with Crippen LogP contribution in [0, 0.1) is 5.41 Å². The summed E-state index contributed by atoms with van der Waals surface area (Å²) >= 11 is 0. The van der Waals surface area contributed by atoms with Crippen LogP contribution in [-0.2, 0) is 25.1 Å². The van der Waals surface area contributed by atoms with Gasteiger partial charge in [0.05, 0.1) is 39.4 Å². The van der Waals surface area contributed by atoms with Gasteiger partial charge in [0.15, 0.2) is 0 Å². The average Bonchev–Trinajstić information content (AvgIpc) is 3.12. The second-order valence-corrected chi connectivity index (χ2v) is 10.6. The van der Waals surface area contributed by atoms with Crippen molar-refractivity contribution < 1.29 is 31.7 Å². The van der Waals surface area contributed by atoms with Gasteiger partial charge in [0.2, 0.25) is 11.8 Å². The van der Waals surface area contributed by atoms with Gasteiger partial charge in [-0.3, -0.25) is 13.8 Å². The molecule has 2 N–H and O–H groups in total. The highest BCUT2D eigenvalue weighted by molar-refractivity contribution is 7.88. The van der Waals surface area contributed by atoms with Gasteiger partial charge in [-0.25, -0.2) is 0 Å². The molecule has 0 saturated heterocycles. The third kappa shape index (κ3) is 6.26. The second kappa shape index (κ2) is 11.1. The number of alkyl halides is 3. The molecule has 11 heteroatoms. The smallest absolute Gasteiger partial charge is 0.406 e. The molecule has 7 nitrogen and oxygen atoms in total. The van der Waals surface area contributed by atoms with Gasteiger partial charge in [-0.05, 0) is 63.0 Å². The van der Waals surface area contributed by atoms with E-state index in [0.717, 1.165) is 5.57 Å². The second-order valence-electron chi connectivity index (χ2n) is 9.27. The van der Waals surface area contributed by atoms with Gasteiger partial charge < -0.3 is 20.3 Å². The number of carbonyl (C=O) groups is 2. The Kier molecular flexibility index (Phi) is 8.56. The molecule has 0 fully saturated rings. The van der Waals surface area contributed by atoms with Crippen molar-refractivity contribution in [2.24, 2.45) is 5.41 Å². The summed E-state index contributed by atoms with van der Waals surface area (Å²) in [4.78, 5) is 27.7. The Bertz CT molecular complexity index is 1180. The van der Waals surface area contributed by atoms with Gasteiger partial charge in [0.1, 0.15) is 5.76 Å². The first-order chi connectivity index (χ1) is 17.3. The maximum Gasteiger partial charge on any atom is 0.573 e. The largest absolute Gasteiger partial charge is 0.573 e. The van der Waals surface area contributed by atoms with Crippen LogP contribution < -0.4 is 10.6 Å².